The van der Waals surface area contributed by atoms with Gasteiger partial charge in [0.05, 0.1) is 12.7 Å². The van der Waals surface area contributed by atoms with Gasteiger partial charge in [0.25, 0.3) is 0 Å². The average molecular weight is 329 g/mol. The normalized spacial score (nSPS) is 13.2. The number of hydrogen-bond donors (Lipinski definition) is 2. The smallest absolute Gasteiger partial charge is 0.416 e. The van der Waals surface area contributed by atoms with Crippen molar-refractivity contribution in [2.45, 2.75) is 12.3 Å². The minimum absolute atomic E-state index is 0.243. The Balaban J connectivity index is 3.29. The lowest BCUT2D eigenvalue weighted by Gasteiger charge is -2.15. The van der Waals surface area contributed by atoms with Gasteiger partial charge in [-0.3, -0.25) is 0 Å². The fraction of sp³-hybridized carbons (Fsp3) is 0.300. The molecule has 0 aliphatic heterocycles. The molecule has 1 unspecified atom stereocenters. The summed E-state index contributed by atoms with van der Waals surface area (Å²) in [6.45, 7) is 0. The van der Waals surface area contributed by atoms with Crippen LogP contribution in [0, 0.1) is 0 Å². The number of carbonyl (C=O) groups excluding carboxylic acids is 1. The number of phenolic OH excluding ortho intramolecular Hbond substituents is 1. The molecule has 1 rings (SSSR count). The number of alkyl halides is 3. The monoisotopic (exact) mass is 328 g/mol. The van der Waals surface area contributed by atoms with E-state index in [4.69, 9.17) is 0 Å². The summed E-state index contributed by atoms with van der Waals surface area (Å²) in [5.74, 6) is -1.94. The summed E-state index contributed by atoms with van der Waals surface area (Å²) in [6, 6.07) is 1.08. The lowest BCUT2D eigenvalue weighted by atomic mass is 10.1. The SMILES string of the molecule is COC(=O)C(O)c1c(O)cc(C(F)(F)F)cc1Br. The molecule has 1 atom stereocenters. The summed E-state index contributed by atoms with van der Waals surface area (Å²) in [5, 5.41) is 19.0. The zero-order chi connectivity index (χ0) is 14.1. The maximum Gasteiger partial charge on any atom is 0.416 e. The van der Waals surface area contributed by atoms with Crippen molar-refractivity contribution in [3.05, 3.63) is 27.7 Å². The van der Waals surface area contributed by atoms with Crippen molar-refractivity contribution >= 4 is 21.9 Å². The average Bonchev–Trinajstić information content (AvgIpc) is 2.25. The molecule has 0 aromatic heterocycles. The molecule has 0 spiro atoms. The van der Waals surface area contributed by atoms with Crippen LogP contribution in [0.2, 0.25) is 0 Å². The first kappa shape index (κ1) is 14.8. The van der Waals surface area contributed by atoms with Crippen LogP contribution in [0.5, 0.6) is 5.75 Å². The summed E-state index contributed by atoms with van der Waals surface area (Å²) in [6.07, 6.45) is -6.51. The second kappa shape index (κ2) is 5.15. The topological polar surface area (TPSA) is 66.8 Å². The maximum atomic E-state index is 12.4. The van der Waals surface area contributed by atoms with Gasteiger partial charge in [-0.25, -0.2) is 4.79 Å². The highest BCUT2D eigenvalue weighted by Crippen LogP contribution is 2.39. The first-order chi connectivity index (χ1) is 8.18. The number of halogens is 4. The van der Waals surface area contributed by atoms with Crippen LogP contribution in [0.4, 0.5) is 13.2 Å². The van der Waals surface area contributed by atoms with Gasteiger partial charge in [0.1, 0.15) is 5.75 Å². The standard InChI is InChI=1S/C10H8BrF3O4/c1-18-9(17)8(16)7-5(11)2-4(3-6(7)15)10(12,13)14/h2-3,8,15-16H,1H3. The molecule has 0 aliphatic rings. The van der Waals surface area contributed by atoms with E-state index >= 15 is 0 Å². The third-order valence-corrected chi connectivity index (χ3v) is 2.79. The predicted molar refractivity (Wildman–Crippen MR) is 57.8 cm³/mol. The summed E-state index contributed by atoms with van der Waals surface area (Å²) >= 11 is 2.76. The highest BCUT2D eigenvalue weighted by atomic mass is 79.9. The first-order valence-corrected chi connectivity index (χ1v) is 5.33. The lowest BCUT2D eigenvalue weighted by Crippen LogP contribution is -2.15. The van der Waals surface area contributed by atoms with Gasteiger partial charge in [-0.05, 0) is 12.1 Å². The molecule has 100 valence electrons. The molecule has 0 saturated carbocycles. The number of hydrogen-bond acceptors (Lipinski definition) is 4. The fourth-order valence-electron chi connectivity index (χ4n) is 1.27. The van der Waals surface area contributed by atoms with E-state index in [1.807, 2.05) is 0 Å². The number of methoxy groups -OCH3 is 1. The quantitative estimate of drug-likeness (QED) is 0.818. The zero-order valence-electron chi connectivity index (χ0n) is 8.95. The summed E-state index contributed by atoms with van der Waals surface area (Å²) in [7, 11) is 1.00. The molecule has 0 saturated heterocycles. The van der Waals surface area contributed by atoms with Gasteiger partial charge >= 0.3 is 12.1 Å². The van der Waals surface area contributed by atoms with Crippen molar-refractivity contribution in [3.63, 3.8) is 0 Å². The Morgan fingerprint density at radius 1 is 1.44 bits per heavy atom. The molecule has 18 heavy (non-hydrogen) atoms. The van der Waals surface area contributed by atoms with Crippen LogP contribution in [0.1, 0.15) is 17.2 Å². The van der Waals surface area contributed by atoms with E-state index < -0.39 is 29.6 Å². The Kier molecular flexibility index (Phi) is 4.23. The third-order valence-electron chi connectivity index (χ3n) is 2.13. The number of aliphatic hydroxyl groups is 1. The number of rotatable bonds is 2. The number of ether oxygens (including phenoxy) is 1. The van der Waals surface area contributed by atoms with Gasteiger partial charge in [-0.1, -0.05) is 15.9 Å². The van der Waals surface area contributed by atoms with Gasteiger partial charge in [0.15, 0.2) is 6.10 Å². The van der Waals surface area contributed by atoms with Crippen LogP contribution in [0.25, 0.3) is 0 Å². The van der Waals surface area contributed by atoms with Crippen LogP contribution in [-0.4, -0.2) is 23.3 Å². The molecule has 0 aliphatic carbocycles. The second-order valence-electron chi connectivity index (χ2n) is 3.31. The molecule has 0 radical (unpaired) electrons. The van der Waals surface area contributed by atoms with Crippen molar-refractivity contribution in [2.75, 3.05) is 7.11 Å². The zero-order valence-corrected chi connectivity index (χ0v) is 10.5. The van der Waals surface area contributed by atoms with Crippen LogP contribution in [-0.2, 0) is 15.7 Å². The van der Waals surface area contributed by atoms with E-state index in [-0.39, 0.29) is 10.0 Å². The van der Waals surface area contributed by atoms with E-state index in [1.165, 1.54) is 0 Å². The first-order valence-electron chi connectivity index (χ1n) is 4.54. The number of phenols is 1. The largest absolute Gasteiger partial charge is 0.507 e. The molecule has 0 heterocycles. The lowest BCUT2D eigenvalue weighted by molar-refractivity contribution is -0.150. The highest BCUT2D eigenvalue weighted by molar-refractivity contribution is 9.10. The van der Waals surface area contributed by atoms with Gasteiger partial charge < -0.3 is 14.9 Å². The van der Waals surface area contributed by atoms with Crippen molar-refractivity contribution in [1.29, 1.82) is 0 Å². The van der Waals surface area contributed by atoms with E-state index in [0.29, 0.717) is 12.1 Å². The van der Waals surface area contributed by atoms with Crippen molar-refractivity contribution in [2.24, 2.45) is 0 Å². The second-order valence-corrected chi connectivity index (χ2v) is 4.17. The Bertz CT molecular complexity index is 450. The Labute approximate surface area is 108 Å². The van der Waals surface area contributed by atoms with E-state index in [2.05, 4.69) is 20.7 Å². The van der Waals surface area contributed by atoms with Crippen LogP contribution >= 0.6 is 15.9 Å². The molecular formula is C10H8BrF3O4. The minimum Gasteiger partial charge on any atom is -0.507 e. The molecule has 0 bridgehead atoms. The molecule has 0 fully saturated rings. The van der Waals surface area contributed by atoms with Crippen LogP contribution in [0.15, 0.2) is 16.6 Å². The molecule has 1 aromatic carbocycles. The maximum absolute atomic E-state index is 12.4. The third kappa shape index (κ3) is 2.94. The fourth-order valence-corrected chi connectivity index (χ4v) is 1.93. The summed E-state index contributed by atoms with van der Waals surface area (Å²) < 4.78 is 41.2. The molecule has 8 heteroatoms. The predicted octanol–water partition coefficient (Wildman–Crippen LogP) is 2.38. The number of aromatic hydroxyl groups is 1. The van der Waals surface area contributed by atoms with Gasteiger partial charge in [0, 0.05) is 10.0 Å². The highest BCUT2D eigenvalue weighted by Gasteiger charge is 2.34. The van der Waals surface area contributed by atoms with E-state index in [9.17, 15) is 28.2 Å². The molecule has 1 aromatic rings. The van der Waals surface area contributed by atoms with Crippen LogP contribution in [0.3, 0.4) is 0 Å². The van der Waals surface area contributed by atoms with E-state index in [1.54, 1.807) is 0 Å². The minimum atomic E-state index is -4.64. The summed E-state index contributed by atoms with van der Waals surface area (Å²) in [4.78, 5) is 11.1. The number of benzene rings is 1. The van der Waals surface area contributed by atoms with Crippen molar-refractivity contribution < 1.29 is 32.9 Å². The number of esters is 1. The van der Waals surface area contributed by atoms with Gasteiger partial charge in [0.2, 0.25) is 0 Å². The molecule has 2 N–H and O–H groups in total. The Morgan fingerprint density at radius 3 is 2.39 bits per heavy atom. The Hall–Kier alpha value is -1.28. The van der Waals surface area contributed by atoms with Crippen LogP contribution < -0.4 is 0 Å². The summed E-state index contributed by atoms with van der Waals surface area (Å²) in [5.41, 5.74) is -1.48. The Morgan fingerprint density at radius 2 is 2.00 bits per heavy atom. The van der Waals surface area contributed by atoms with Crippen molar-refractivity contribution in [3.8, 4) is 5.75 Å². The van der Waals surface area contributed by atoms with Gasteiger partial charge in [-0.15, -0.1) is 0 Å². The number of carbonyl (C=O) groups is 1. The molecule has 4 nitrogen and oxygen atoms in total. The van der Waals surface area contributed by atoms with Gasteiger partial charge in [-0.2, -0.15) is 13.2 Å². The van der Waals surface area contributed by atoms with Crippen molar-refractivity contribution in [1.82, 2.24) is 0 Å². The van der Waals surface area contributed by atoms with E-state index in [0.717, 1.165) is 7.11 Å². The number of aliphatic hydroxyl groups excluding tert-OH is 1. The molecule has 0 amide bonds. The molecular weight excluding hydrogens is 321 g/mol.